The zero-order valence-corrected chi connectivity index (χ0v) is 9.21. The Hall–Kier alpha value is 0.0700. The summed E-state index contributed by atoms with van der Waals surface area (Å²) in [6.07, 6.45) is 0. The van der Waals surface area contributed by atoms with Gasteiger partial charge in [-0.2, -0.15) is 0 Å². The van der Waals surface area contributed by atoms with Crippen molar-refractivity contribution in [2.75, 3.05) is 19.8 Å². The van der Waals surface area contributed by atoms with Crippen molar-refractivity contribution in [3.8, 4) is 0 Å². The number of hydrogen-bond donors (Lipinski definition) is 2. The van der Waals surface area contributed by atoms with Gasteiger partial charge in [0.15, 0.2) is 0 Å². The fourth-order valence-electron chi connectivity index (χ4n) is 0.762. The highest BCUT2D eigenvalue weighted by molar-refractivity contribution is 7.51. The molecule has 5 nitrogen and oxygen atoms in total. The molecule has 0 rings (SSSR count). The molecule has 0 saturated carbocycles. The first kappa shape index (κ1) is 13.1. The summed E-state index contributed by atoms with van der Waals surface area (Å²) in [5.74, 6) is 0. The lowest BCUT2D eigenvalue weighted by atomic mass is 10.4. The largest absolute Gasteiger partial charge is 0.405 e. The van der Waals surface area contributed by atoms with Crippen LogP contribution >= 0.6 is 7.75 Å². The Kier molecular flexibility index (Phi) is 6.55. The maximum absolute atomic E-state index is 11.7. The van der Waals surface area contributed by atoms with E-state index in [1.54, 1.807) is 20.8 Å². The molecule has 0 radical (unpaired) electrons. The van der Waals surface area contributed by atoms with Gasteiger partial charge in [-0.25, -0.2) is 9.65 Å². The van der Waals surface area contributed by atoms with Gasteiger partial charge in [-0.05, 0) is 20.8 Å². The smallest absolute Gasteiger partial charge is 0.395 e. The highest BCUT2D eigenvalue weighted by Gasteiger charge is 2.25. The molecule has 0 aromatic heterocycles. The molecule has 13 heavy (non-hydrogen) atoms. The zero-order chi connectivity index (χ0) is 10.3. The molecular formula is C7H18NO4P. The van der Waals surface area contributed by atoms with Crippen LogP contribution in [0.5, 0.6) is 0 Å². The lowest BCUT2D eigenvalue weighted by molar-refractivity contribution is 0.195. The zero-order valence-electron chi connectivity index (χ0n) is 8.32. The molecule has 0 fully saturated rings. The van der Waals surface area contributed by atoms with E-state index >= 15 is 0 Å². The lowest BCUT2D eigenvalue weighted by Crippen LogP contribution is -2.28. The molecule has 0 bridgehead atoms. The van der Waals surface area contributed by atoms with Gasteiger partial charge in [-0.1, -0.05) is 0 Å². The van der Waals surface area contributed by atoms with E-state index in [4.69, 9.17) is 14.2 Å². The number of aliphatic hydroxyl groups is 1. The summed E-state index contributed by atoms with van der Waals surface area (Å²) in [7, 11) is -3.20. The quantitative estimate of drug-likeness (QED) is 0.618. The maximum Gasteiger partial charge on any atom is 0.405 e. The van der Waals surface area contributed by atoms with Gasteiger partial charge < -0.3 is 5.11 Å². The number of aliphatic hydroxyl groups excluding tert-OH is 1. The summed E-state index contributed by atoms with van der Waals surface area (Å²) in [5.41, 5.74) is 0. The molecule has 0 spiro atoms. The summed E-state index contributed by atoms with van der Waals surface area (Å²) in [5, 5.41) is 11.3. The molecule has 0 aliphatic carbocycles. The van der Waals surface area contributed by atoms with E-state index in [9.17, 15) is 4.57 Å². The molecule has 6 heteroatoms. The Balaban J connectivity index is 4.14. The molecule has 0 unspecified atom stereocenters. The fraction of sp³-hybridized carbons (Fsp3) is 1.00. The first-order valence-corrected chi connectivity index (χ1v) is 5.90. The minimum absolute atomic E-state index is 0.107. The van der Waals surface area contributed by atoms with Crippen LogP contribution in [0.4, 0.5) is 0 Å². The molecule has 0 aliphatic heterocycles. The molecule has 0 amide bonds. The Morgan fingerprint density at radius 2 is 1.85 bits per heavy atom. The number of rotatable bonds is 7. The Morgan fingerprint density at radius 1 is 1.38 bits per heavy atom. The molecule has 2 N–H and O–H groups in total. The van der Waals surface area contributed by atoms with Crippen LogP contribution in [0, 0.1) is 0 Å². The second-order valence-corrected chi connectivity index (χ2v) is 4.32. The minimum Gasteiger partial charge on any atom is -0.395 e. The van der Waals surface area contributed by atoms with Gasteiger partial charge in [0.25, 0.3) is 0 Å². The van der Waals surface area contributed by atoms with Crippen molar-refractivity contribution in [3.05, 3.63) is 0 Å². The average molecular weight is 211 g/mol. The fourth-order valence-corrected chi connectivity index (χ4v) is 2.29. The van der Waals surface area contributed by atoms with Crippen LogP contribution in [-0.4, -0.2) is 31.0 Å². The standard InChI is InChI=1S/C7H18NO4P/c1-4-11-13(10,12-5-2)8-7(3)6-9/h7,9H,4-6H2,1-3H3,(H,8,10)/t7-/m1/s1. The molecule has 1 atom stereocenters. The van der Waals surface area contributed by atoms with Gasteiger partial charge >= 0.3 is 7.75 Å². The van der Waals surface area contributed by atoms with Crippen molar-refractivity contribution in [1.29, 1.82) is 0 Å². The van der Waals surface area contributed by atoms with E-state index in [1.807, 2.05) is 0 Å². The average Bonchev–Trinajstić information content (AvgIpc) is 2.04. The third-order valence-corrected chi connectivity index (χ3v) is 3.20. The van der Waals surface area contributed by atoms with Crippen molar-refractivity contribution in [2.24, 2.45) is 0 Å². The third-order valence-electron chi connectivity index (χ3n) is 1.25. The lowest BCUT2D eigenvalue weighted by Gasteiger charge is -2.20. The van der Waals surface area contributed by atoms with Crippen molar-refractivity contribution < 1.29 is 18.7 Å². The van der Waals surface area contributed by atoms with Crippen LogP contribution in [0.2, 0.25) is 0 Å². The van der Waals surface area contributed by atoms with Crippen LogP contribution in [0.3, 0.4) is 0 Å². The van der Waals surface area contributed by atoms with Gasteiger partial charge in [0.1, 0.15) is 0 Å². The van der Waals surface area contributed by atoms with Crippen LogP contribution in [0.1, 0.15) is 20.8 Å². The van der Waals surface area contributed by atoms with Crippen molar-refractivity contribution >= 4 is 7.75 Å². The Bertz CT molecular complexity index is 166. The molecule has 0 aromatic carbocycles. The predicted octanol–water partition coefficient (Wildman–Crippen LogP) is 1.14. The number of nitrogens with one attached hydrogen (secondary N) is 1. The van der Waals surface area contributed by atoms with Gasteiger partial charge in [0.2, 0.25) is 0 Å². The predicted molar refractivity (Wildman–Crippen MR) is 50.5 cm³/mol. The van der Waals surface area contributed by atoms with E-state index in [0.717, 1.165) is 0 Å². The second kappa shape index (κ2) is 6.51. The Labute approximate surface area is 79.0 Å². The first-order valence-electron chi connectivity index (χ1n) is 4.35. The molecule has 80 valence electrons. The number of hydrogen-bond acceptors (Lipinski definition) is 4. The summed E-state index contributed by atoms with van der Waals surface area (Å²) >= 11 is 0. The summed E-state index contributed by atoms with van der Waals surface area (Å²) in [4.78, 5) is 0. The van der Waals surface area contributed by atoms with E-state index in [1.165, 1.54) is 0 Å². The van der Waals surface area contributed by atoms with Crippen LogP contribution < -0.4 is 5.09 Å². The second-order valence-electron chi connectivity index (χ2n) is 2.55. The summed E-state index contributed by atoms with van der Waals surface area (Å²) < 4.78 is 21.6. The van der Waals surface area contributed by atoms with Crippen molar-refractivity contribution in [3.63, 3.8) is 0 Å². The van der Waals surface area contributed by atoms with Gasteiger partial charge in [0.05, 0.1) is 19.8 Å². The molecule has 0 saturated heterocycles. The summed E-state index contributed by atoms with van der Waals surface area (Å²) in [6, 6.07) is -0.302. The molecular weight excluding hydrogens is 193 g/mol. The first-order chi connectivity index (χ1) is 6.08. The van der Waals surface area contributed by atoms with Crippen LogP contribution in [-0.2, 0) is 13.6 Å². The van der Waals surface area contributed by atoms with Gasteiger partial charge in [-0.3, -0.25) is 9.05 Å². The van der Waals surface area contributed by atoms with E-state index < -0.39 is 7.75 Å². The molecule has 0 aromatic rings. The highest BCUT2D eigenvalue weighted by atomic mass is 31.2. The Morgan fingerprint density at radius 3 is 2.15 bits per heavy atom. The van der Waals surface area contributed by atoms with Gasteiger partial charge in [-0.15, -0.1) is 0 Å². The normalized spacial score (nSPS) is 14.5. The van der Waals surface area contributed by atoms with E-state index in [0.29, 0.717) is 13.2 Å². The minimum atomic E-state index is -3.20. The SMILES string of the molecule is CCOP(=O)(N[C@H](C)CO)OCC. The highest BCUT2D eigenvalue weighted by Crippen LogP contribution is 2.43. The summed E-state index contributed by atoms with van der Waals surface area (Å²) in [6.45, 7) is 5.67. The van der Waals surface area contributed by atoms with E-state index in [-0.39, 0.29) is 12.6 Å². The van der Waals surface area contributed by atoms with Crippen molar-refractivity contribution in [1.82, 2.24) is 5.09 Å². The molecule has 0 heterocycles. The van der Waals surface area contributed by atoms with E-state index in [2.05, 4.69) is 5.09 Å². The molecule has 0 aliphatic rings. The van der Waals surface area contributed by atoms with Crippen LogP contribution in [0.15, 0.2) is 0 Å². The maximum atomic E-state index is 11.7. The van der Waals surface area contributed by atoms with Crippen LogP contribution in [0.25, 0.3) is 0 Å². The third kappa shape index (κ3) is 5.39. The monoisotopic (exact) mass is 211 g/mol. The topological polar surface area (TPSA) is 67.8 Å². The van der Waals surface area contributed by atoms with Gasteiger partial charge in [0, 0.05) is 6.04 Å². The van der Waals surface area contributed by atoms with Crippen molar-refractivity contribution in [2.45, 2.75) is 26.8 Å².